The third-order valence-electron chi connectivity index (χ3n) is 5.77. The minimum Gasteiger partial charge on any atom is -0.481 e. The number of aliphatic hydroxyl groups excluding tert-OH is 1. The maximum atomic E-state index is 11.9. The summed E-state index contributed by atoms with van der Waals surface area (Å²) in [6.07, 6.45) is 11.0. The number of allylic oxidation sites excluding steroid dienone is 2. The van der Waals surface area contributed by atoms with Gasteiger partial charge >= 0.3 is 5.97 Å². The second-order valence-electron chi connectivity index (χ2n) is 8.41. The topological polar surface area (TPSA) is 74.6 Å². The van der Waals surface area contributed by atoms with Crippen molar-refractivity contribution in [1.29, 1.82) is 0 Å². The Morgan fingerprint density at radius 1 is 1.00 bits per heavy atom. The van der Waals surface area contributed by atoms with Crippen LogP contribution in [-0.2, 0) is 9.59 Å². The lowest BCUT2D eigenvalue weighted by Crippen LogP contribution is -2.15. The molecule has 0 aliphatic heterocycles. The molecule has 0 aliphatic carbocycles. The molecule has 0 fully saturated rings. The Bertz CT molecular complexity index is 648. The highest BCUT2D eigenvalue weighted by molar-refractivity contribution is 5.66. The van der Waals surface area contributed by atoms with E-state index in [-0.39, 0.29) is 18.3 Å². The summed E-state index contributed by atoms with van der Waals surface area (Å²) in [4.78, 5) is 22.6. The van der Waals surface area contributed by atoms with E-state index in [0.29, 0.717) is 12.8 Å². The third-order valence-corrected chi connectivity index (χ3v) is 5.77. The minimum absolute atomic E-state index is 0.0963. The summed E-state index contributed by atoms with van der Waals surface area (Å²) in [5.41, 5.74) is 3.24. The van der Waals surface area contributed by atoms with Crippen LogP contribution in [0.3, 0.4) is 0 Å². The second kappa shape index (κ2) is 15.0. The molecule has 1 aromatic carbocycles. The van der Waals surface area contributed by atoms with Crippen molar-refractivity contribution in [1.82, 2.24) is 0 Å². The summed E-state index contributed by atoms with van der Waals surface area (Å²) < 4.78 is 0. The second-order valence-corrected chi connectivity index (χ2v) is 8.41. The van der Waals surface area contributed by atoms with Gasteiger partial charge in [-0.2, -0.15) is 0 Å². The molecular weight excluding hydrogens is 376 g/mol. The molecule has 4 nitrogen and oxygen atoms in total. The SMILES string of the molecule is CCCCCC(O)c1ccc(C(CCC)C(C=O)C/C(C)=C\CCCC(=O)O)cc1. The highest BCUT2D eigenvalue weighted by Gasteiger charge is 2.23. The van der Waals surface area contributed by atoms with Crippen molar-refractivity contribution >= 4 is 12.3 Å². The lowest BCUT2D eigenvalue weighted by Gasteiger charge is -2.24. The van der Waals surface area contributed by atoms with E-state index in [9.17, 15) is 14.7 Å². The Morgan fingerprint density at radius 3 is 2.23 bits per heavy atom. The zero-order valence-electron chi connectivity index (χ0n) is 19.0. The Morgan fingerprint density at radius 2 is 1.67 bits per heavy atom. The number of aliphatic hydroxyl groups is 1. The monoisotopic (exact) mass is 416 g/mol. The van der Waals surface area contributed by atoms with Crippen molar-refractivity contribution in [2.75, 3.05) is 0 Å². The van der Waals surface area contributed by atoms with Gasteiger partial charge in [-0.3, -0.25) is 4.79 Å². The van der Waals surface area contributed by atoms with Crippen LogP contribution in [-0.4, -0.2) is 22.5 Å². The maximum Gasteiger partial charge on any atom is 0.303 e. The zero-order valence-corrected chi connectivity index (χ0v) is 19.0. The molecule has 0 spiro atoms. The van der Waals surface area contributed by atoms with Gasteiger partial charge in [-0.05, 0) is 56.1 Å². The predicted molar refractivity (Wildman–Crippen MR) is 123 cm³/mol. The van der Waals surface area contributed by atoms with E-state index >= 15 is 0 Å². The van der Waals surface area contributed by atoms with Gasteiger partial charge in [-0.25, -0.2) is 0 Å². The molecule has 0 heterocycles. The first kappa shape index (κ1) is 26.1. The molecule has 30 heavy (non-hydrogen) atoms. The lowest BCUT2D eigenvalue weighted by atomic mass is 9.80. The van der Waals surface area contributed by atoms with Gasteiger partial charge in [0.2, 0.25) is 0 Å². The molecule has 0 bridgehead atoms. The van der Waals surface area contributed by atoms with Gasteiger partial charge in [0.15, 0.2) is 0 Å². The Balaban J connectivity index is 2.80. The molecule has 3 atom stereocenters. The van der Waals surface area contributed by atoms with Gasteiger partial charge in [-0.15, -0.1) is 0 Å². The first-order chi connectivity index (χ1) is 14.4. The number of benzene rings is 1. The first-order valence-electron chi connectivity index (χ1n) is 11.5. The van der Waals surface area contributed by atoms with Gasteiger partial charge in [-0.1, -0.05) is 75.4 Å². The van der Waals surface area contributed by atoms with E-state index < -0.39 is 12.1 Å². The number of carbonyl (C=O) groups is 2. The Hall–Kier alpha value is -1.94. The first-order valence-corrected chi connectivity index (χ1v) is 11.5. The quantitative estimate of drug-likeness (QED) is 0.181. The molecule has 0 aliphatic rings. The minimum atomic E-state index is -0.770. The number of hydrogen-bond acceptors (Lipinski definition) is 3. The molecule has 0 radical (unpaired) electrons. The van der Waals surface area contributed by atoms with E-state index in [1.165, 1.54) is 0 Å². The number of carboxylic acid groups (broad SMARTS) is 1. The number of aldehydes is 1. The average molecular weight is 417 g/mol. The maximum absolute atomic E-state index is 11.9. The van der Waals surface area contributed by atoms with Crippen LogP contribution in [0.2, 0.25) is 0 Å². The van der Waals surface area contributed by atoms with Crippen LogP contribution in [0.25, 0.3) is 0 Å². The number of aliphatic carboxylic acids is 1. The number of carbonyl (C=O) groups excluding carboxylic acids is 1. The predicted octanol–water partition coefficient (Wildman–Crippen LogP) is 6.59. The van der Waals surface area contributed by atoms with E-state index in [2.05, 4.69) is 32.1 Å². The Kier molecular flexibility index (Phi) is 13.0. The standard InChI is InChI=1S/C26H40O4/c1-4-6-7-12-25(28)22-16-14-21(15-17-22)24(10-5-2)23(19-27)18-20(3)11-8-9-13-26(29)30/h11,14-17,19,23-25,28H,4-10,12-13,18H2,1-3H3,(H,29,30)/b20-11-. The largest absolute Gasteiger partial charge is 0.481 e. The van der Waals surface area contributed by atoms with Gasteiger partial charge in [0.05, 0.1) is 6.10 Å². The van der Waals surface area contributed by atoms with E-state index in [4.69, 9.17) is 5.11 Å². The van der Waals surface area contributed by atoms with Crippen LogP contribution in [0.15, 0.2) is 35.9 Å². The summed E-state index contributed by atoms with van der Waals surface area (Å²) in [5, 5.41) is 19.1. The molecule has 4 heteroatoms. The highest BCUT2D eigenvalue weighted by Crippen LogP contribution is 2.33. The number of carboxylic acids is 1. The van der Waals surface area contributed by atoms with Crippen molar-refractivity contribution in [2.24, 2.45) is 5.92 Å². The van der Waals surface area contributed by atoms with E-state index in [0.717, 1.165) is 67.9 Å². The summed E-state index contributed by atoms with van der Waals surface area (Å²) in [5.74, 6) is -0.712. The molecule has 0 amide bonds. The number of rotatable bonds is 16. The van der Waals surface area contributed by atoms with Crippen LogP contribution in [0.5, 0.6) is 0 Å². The van der Waals surface area contributed by atoms with Gasteiger partial charge < -0.3 is 15.0 Å². The Labute approximate surface area is 182 Å². The van der Waals surface area contributed by atoms with Gasteiger partial charge in [0, 0.05) is 12.3 Å². The van der Waals surface area contributed by atoms with Crippen LogP contribution in [0, 0.1) is 5.92 Å². The fourth-order valence-electron chi connectivity index (χ4n) is 4.00. The van der Waals surface area contributed by atoms with E-state index in [1.54, 1.807) is 0 Å². The van der Waals surface area contributed by atoms with Crippen LogP contribution < -0.4 is 0 Å². The van der Waals surface area contributed by atoms with Crippen LogP contribution in [0.4, 0.5) is 0 Å². The van der Waals surface area contributed by atoms with Gasteiger partial charge in [0.25, 0.3) is 0 Å². The highest BCUT2D eigenvalue weighted by atomic mass is 16.4. The third kappa shape index (κ3) is 9.71. The summed E-state index contributed by atoms with van der Waals surface area (Å²) in [6, 6.07) is 8.15. The molecule has 0 saturated heterocycles. The van der Waals surface area contributed by atoms with E-state index in [1.807, 2.05) is 19.1 Å². The smallest absolute Gasteiger partial charge is 0.303 e. The van der Waals surface area contributed by atoms with Crippen LogP contribution >= 0.6 is 0 Å². The zero-order chi connectivity index (χ0) is 22.4. The van der Waals surface area contributed by atoms with Crippen LogP contribution in [0.1, 0.15) is 108 Å². The fraction of sp³-hybridized carbons (Fsp3) is 0.615. The summed E-state index contributed by atoms with van der Waals surface area (Å²) in [6.45, 7) is 6.32. The van der Waals surface area contributed by atoms with Crippen molar-refractivity contribution in [3.8, 4) is 0 Å². The molecule has 168 valence electrons. The van der Waals surface area contributed by atoms with Crippen molar-refractivity contribution in [3.05, 3.63) is 47.0 Å². The molecule has 0 saturated carbocycles. The van der Waals surface area contributed by atoms with Crippen molar-refractivity contribution in [3.63, 3.8) is 0 Å². The average Bonchev–Trinajstić information content (AvgIpc) is 2.73. The van der Waals surface area contributed by atoms with Crippen molar-refractivity contribution in [2.45, 2.75) is 97.0 Å². The van der Waals surface area contributed by atoms with Crippen molar-refractivity contribution < 1.29 is 19.8 Å². The molecular formula is C26H40O4. The number of unbranched alkanes of at least 4 members (excludes halogenated alkanes) is 3. The number of hydrogen-bond donors (Lipinski definition) is 2. The van der Waals surface area contributed by atoms with Gasteiger partial charge in [0.1, 0.15) is 6.29 Å². The normalized spacial score (nSPS) is 14.9. The molecule has 1 rings (SSSR count). The molecule has 0 aromatic heterocycles. The summed E-state index contributed by atoms with van der Waals surface area (Å²) >= 11 is 0. The molecule has 3 unspecified atom stereocenters. The lowest BCUT2D eigenvalue weighted by molar-refractivity contribution is -0.137. The molecule has 1 aromatic rings. The summed E-state index contributed by atoms with van der Waals surface area (Å²) in [7, 11) is 0. The molecule has 2 N–H and O–H groups in total. The fourth-order valence-corrected chi connectivity index (χ4v) is 4.00.